The zero-order valence-corrected chi connectivity index (χ0v) is 15.8. The number of hydrogen-bond donors (Lipinski definition) is 1. The molecule has 8 nitrogen and oxygen atoms in total. The van der Waals surface area contributed by atoms with Gasteiger partial charge >= 0.3 is 0 Å². The first-order valence-corrected chi connectivity index (χ1v) is 9.76. The summed E-state index contributed by atoms with van der Waals surface area (Å²) in [6, 6.07) is 0. The van der Waals surface area contributed by atoms with Crippen molar-refractivity contribution in [2.75, 3.05) is 36.0 Å². The second-order valence-electron chi connectivity index (χ2n) is 7.37. The Hall–Kier alpha value is -2.77. The fourth-order valence-electron chi connectivity index (χ4n) is 3.92. The maximum absolute atomic E-state index is 4.98. The molecule has 1 N–H and O–H groups in total. The van der Waals surface area contributed by atoms with Crippen molar-refractivity contribution in [3.05, 3.63) is 29.7 Å². The lowest BCUT2D eigenvalue weighted by molar-refractivity contribution is 0.636. The molecule has 0 bridgehead atoms. The number of nitrogens with zero attached hydrogens (tertiary/aromatic N) is 7. The molecule has 1 saturated carbocycles. The van der Waals surface area contributed by atoms with E-state index in [1.54, 1.807) is 12.7 Å². The van der Waals surface area contributed by atoms with Crippen LogP contribution in [0.2, 0.25) is 0 Å². The van der Waals surface area contributed by atoms with E-state index in [4.69, 9.17) is 9.97 Å². The summed E-state index contributed by atoms with van der Waals surface area (Å²) in [5.41, 5.74) is 4.05. The number of aromatic nitrogens is 6. The molecule has 0 amide bonds. The molecule has 1 aliphatic carbocycles. The number of rotatable bonds is 4. The Morgan fingerprint density at radius 3 is 2.44 bits per heavy atom. The molecule has 3 aromatic heterocycles. The third-order valence-corrected chi connectivity index (χ3v) is 5.59. The number of imidazole rings is 1. The average molecular weight is 364 g/mol. The highest BCUT2D eigenvalue weighted by atomic mass is 15.3. The highest BCUT2D eigenvalue weighted by Gasteiger charge is 2.30. The van der Waals surface area contributed by atoms with Crippen molar-refractivity contribution in [3.8, 4) is 0 Å². The fraction of sp³-hybridized carbons (Fsp3) is 0.526. The molecule has 0 unspecified atom stereocenters. The minimum atomic E-state index is 0.573. The lowest BCUT2D eigenvalue weighted by Gasteiger charge is -2.37. The topological polar surface area (TPSA) is 86.7 Å². The molecule has 4 heterocycles. The van der Waals surface area contributed by atoms with Gasteiger partial charge in [0.2, 0.25) is 0 Å². The van der Waals surface area contributed by atoms with Crippen LogP contribution in [0.25, 0.3) is 11.2 Å². The second kappa shape index (κ2) is 6.44. The summed E-state index contributed by atoms with van der Waals surface area (Å²) in [5, 5.41) is 0. The van der Waals surface area contributed by atoms with E-state index in [9.17, 15) is 0 Å². The first kappa shape index (κ1) is 16.4. The smallest absolute Gasteiger partial charge is 0.182 e. The van der Waals surface area contributed by atoms with E-state index in [2.05, 4.69) is 43.6 Å². The predicted octanol–water partition coefficient (Wildman–Crippen LogP) is 2.22. The van der Waals surface area contributed by atoms with Gasteiger partial charge in [0.05, 0.1) is 6.33 Å². The van der Waals surface area contributed by atoms with E-state index in [1.807, 2.05) is 0 Å². The van der Waals surface area contributed by atoms with Crippen LogP contribution in [0.3, 0.4) is 0 Å². The number of aromatic amines is 1. The Morgan fingerprint density at radius 2 is 1.74 bits per heavy atom. The van der Waals surface area contributed by atoms with Gasteiger partial charge < -0.3 is 14.8 Å². The minimum Gasteiger partial charge on any atom is -0.353 e. The normalized spacial score (nSPS) is 17.7. The van der Waals surface area contributed by atoms with Gasteiger partial charge in [0, 0.05) is 43.4 Å². The lowest BCUT2D eigenvalue weighted by atomic mass is 10.1. The molecule has 140 valence electrons. The third-order valence-electron chi connectivity index (χ3n) is 5.59. The highest BCUT2D eigenvalue weighted by Crippen LogP contribution is 2.39. The average Bonchev–Trinajstić information content (AvgIpc) is 3.44. The summed E-state index contributed by atoms with van der Waals surface area (Å²) in [4.78, 5) is 30.6. The van der Waals surface area contributed by atoms with E-state index in [-0.39, 0.29) is 0 Å². The second-order valence-corrected chi connectivity index (χ2v) is 7.37. The van der Waals surface area contributed by atoms with Gasteiger partial charge in [-0.3, -0.25) is 0 Å². The van der Waals surface area contributed by atoms with Gasteiger partial charge in [0.25, 0.3) is 0 Å². The maximum atomic E-state index is 4.98. The Bertz CT molecular complexity index is 969. The summed E-state index contributed by atoms with van der Waals surface area (Å²) in [5.74, 6) is 3.69. The molecule has 27 heavy (non-hydrogen) atoms. The molecule has 3 aromatic rings. The van der Waals surface area contributed by atoms with Crippen LogP contribution in [0.15, 0.2) is 12.7 Å². The van der Waals surface area contributed by atoms with Crippen molar-refractivity contribution < 1.29 is 0 Å². The molecular weight excluding hydrogens is 340 g/mol. The van der Waals surface area contributed by atoms with Crippen LogP contribution in [-0.4, -0.2) is 56.1 Å². The number of aryl methyl sites for hydroxylation is 1. The number of piperazine rings is 1. The van der Waals surface area contributed by atoms with Gasteiger partial charge in [0.15, 0.2) is 11.5 Å². The van der Waals surface area contributed by atoms with Crippen LogP contribution in [0.1, 0.15) is 42.8 Å². The summed E-state index contributed by atoms with van der Waals surface area (Å²) < 4.78 is 0. The molecule has 0 radical (unpaired) electrons. The fourth-order valence-corrected chi connectivity index (χ4v) is 3.92. The van der Waals surface area contributed by atoms with E-state index in [1.165, 1.54) is 18.4 Å². The van der Waals surface area contributed by atoms with Crippen molar-refractivity contribution in [1.82, 2.24) is 29.9 Å². The summed E-state index contributed by atoms with van der Waals surface area (Å²) >= 11 is 0. The van der Waals surface area contributed by atoms with Crippen molar-refractivity contribution in [1.29, 1.82) is 0 Å². The maximum Gasteiger partial charge on any atom is 0.182 e. The number of nitrogens with one attached hydrogen (secondary N) is 1. The Morgan fingerprint density at radius 1 is 1.00 bits per heavy atom. The van der Waals surface area contributed by atoms with Gasteiger partial charge in [-0.25, -0.2) is 24.9 Å². The Kier molecular flexibility index (Phi) is 3.91. The lowest BCUT2D eigenvalue weighted by Crippen LogP contribution is -2.47. The van der Waals surface area contributed by atoms with Crippen molar-refractivity contribution >= 4 is 22.8 Å². The van der Waals surface area contributed by atoms with Crippen LogP contribution in [-0.2, 0) is 6.42 Å². The molecule has 0 aromatic carbocycles. The zero-order valence-electron chi connectivity index (χ0n) is 15.8. The van der Waals surface area contributed by atoms with Crippen LogP contribution < -0.4 is 9.80 Å². The van der Waals surface area contributed by atoms with Crippen LogP contribution in [0.5, 0.6) is 0 Å². The number of hydrogen-bond acceptors (Lipinski definition) is 7. The van der Waals surface area contributed by atoms with Crippen LogP contribution in [0.4, 0.5) is 11.6 Å². The molecule has 0 atom stereocenters. The predicted molar refractivity (Wildman–Crippen MR) is 104 cm³/mol. The molecule has 1 aliphatic heterocycles. The number of anilines is 2. The Balaban J connectivity index is 1.40. The molecule has 2 fully saturated rings. The van der Waals surface area contributed by atoms with Gasteiger partial charge in [-0.05, 0) is 26.2 Å². The van der Waals surface area contributed by atoms with Crippen LogP contribution >= 0.6 is 0 Å². The van der Waals surface area contributed by atoms with Gasteiger partial charge in [-0.2, -0.15) is 0 Å². The summed E-state index contributed by atoms with van der Waals surface area (Å²) in [7, 11) is 0. The molecule has 2 aliphatic rings. The number of fused-ring (bicyclic) bond motifs is 1. The zero-order chi connectivity index (χ0) is 18.4. The van der Waals surface area contributed by atoms with E-state index in [0.29, 0.717) is 5.92 Å². The molecule has 0 spiro atoms. The van der Waals surface area contributed by atoms with Crippen molar-refractivity contribution in [3.63, 3.8) is 0 Å². The highest BCUT2D eigenvalue weighted by molar-refractivity contribution is 5.82. The van der Waals surface area contributed by atoms with Crippen molar-refractivity contribution in [2.24, 2.45) is 0 Å². The largest absolute Gasteiger partial charge is 0.353 e. The van der Waals surface area contributed by atoms with E-state index < -0.39 is 0 Å². The SMILES string of the molecule is CCc1c(C)nc(C2CC2)nc1N1CCN(c2ncnc3nc[nH]c23)CC1. The third kappa shape index (κ3) is 2.89. The Labute approximate surface area is 158 Å². The molecule has 8 heteroatoms. The minimum absolute atomic E-state index is 0.573. The van der Waals surface area contributed by atoms with Crippen molar-refractivity contribution in [2.45, 2.75) is 39.0 Å². The molecular formula is C19H24N8. The first-order valence-electron chi connectivity index (χ1n) is 9.76. The quantitative estimate of drug-likeness (QED) is 0.759. The van der Waals surface area contributed by atoms with Gasteiger partial charge in [-0.15, -0.1) is 0 Å². The van der Waals surface area contributed by atoms with Crippen LogP contribution in [0, 0.1) is 6.92 Å². The molecule has 5 rings (SSSR count). The summed E-state index contributed by atoms with van der Waals surface area (Å²) in [6.45, 7) is 7.96. The van der Waals surface area contributed by atoms with Gasteiger partial charge in [0.1, 0.15) is 23.5 Å². The van der Waals surface area contributed by atoms with E-state index >= 15 is 0 Å². The standard InChI is InChI=1S/C19H24N8/c1-3-14-12(2)24-16(13-4-5-13)25-18(14)26-6-8-27(9-7-26)19-15-17(21-10-20-15)22-11-23-19/h10-11,13H,3-9H2,1-2H3,(H,20,21,22,23). The summed E-state index contributed by atoms with van der Waals surface area (Å²) in [6.07, 6.45) is 6.69. The molecule has 1 saturated heterocycles. The van der Waals surface area contributed by atoms with Gasteiger partial charge in [-0.1, -0.05) is 6.92 Å². The first-order chi connectivity index (χ1) is 13.2. The van der Waals surface area contributed by atoms with E-state index in [0.717, 1.165) is 66.9 Å². The monoisotopic (exact) mass is 364 g/mol. The number of H-pyrrole nitrogens is 1.